The molecule has 0 saturated carbocycles. The molecule has 0 atom stereocenters. The van der Waals surface area contributed by atoms with Crippen LogP contribution in [0.1, 0.15) is 16.8 Å². The molecule has 0 spiro atoms. The highest BCUT2D eigenvalue weighted by atomic mass is 19.1. The maximum atomic E-state index is 13.6. The van der Waals surface area contributed by atoms with Crippen molar-refractivity contribution in [3.05, 3.63) is 71.4 Å². The van der Waals surface area contributed by atoms with Crippen molar-refractivity contribution in [1.29, 1.82) is 0 Å². The summed E-state index contributed by atoms with van der Waals surface area (Å²) >= 11 is 0. The van der Waals surface area contributed by atoms with Crippen LogP contribution in [0, 0.1) is 12.7 Å². The number of hydrogen-bond acceptors (Lipinski definition) is 1. The third kappa shape index (κ3) is 1.99. The summed E-state index contributed by atoms with van der Waals surface area (Å²) in [4.78, 5) is 4.49. The van der Waals surface area contributed by atoms with Crippen molar-refractivity contribution in [1.82, 2.24) is 9.38 Å². The Morgan fingerprint density at radius 2 is 1.94 bits per heavy atom. The number of aryl methyl sites for hydroxylation is 1. The molecule has 0 radical (unpaired) electrons. The van der Waals surface area contributed by atoms with Gasteiger partial charge in [-0.15, -0.1) is 0 Å². The summed E-state index contributed by atoms with van der Waals surface area (Å²) in [5.41, 5.74) is 3.63. The van der Waals surface area contributed by atoms with Gasteiger partial charge in [-0.2, -0.15) is 0 Å². The molecule has 3 aromatic rings. The molecule has 0 unspecified atom stereocenters. The van der Waals surface area contributed by atoms with Gasteiger partial charge in [-0.3, -0.25) is 0 Å². The summed E-state index contributed by atoms with van der Waals surface area (Å²) in [5, 5.41) is 0. The largest absolute Gasteiger partial charge is 0.307 e. The molecular weight excluding hydrogens is 227 g/mol. The molecule has 18 heavy (non-hydrogen) atoms. The number of nitrogens with zero attached hydrogens (tertiary/aromatic N) is 2. The quantitative estimate of drug-likeness (QED) is 0.671. The first-order chi connectivity index (χ1) is 8.72. The Balaban J connectivity index is 1.98. The molecule has 2 heterocycles. The van der Waals surface area contributed by atoms with E-state index in [1.54, 1.807) is 12.1 Å². The lowest BCUT2D eigenvalue weighted by Gasteiger charge is -1.98. The van der Waals surface area contributed by atoms with Crippen LogP contribution in [0.2, 0.25) is 0 Å². The molecule has 0 saturated heterocycles. The summed E-state index contributed by atoms with van der Waals surface area (Å²) < 4.78 is 15.5. The number of hydrogen-bond donors (Lipinski definition) is 0. The topological polar surface area (TPSA) is 17.3 Å². The van der Waals surface area contributed by atoms with Gasteiger partial charge in [0.2, 0.25) is 0 Å². The lowest BCUT2D eigenvalue weighted by atomic mass is 10.1. The van der Waals surface area contributed by atoms with E-state index in [4.69, 9.17) is 0 Å². The van der Waals surface area contributed by atoms with E-state index >= 15 is 0 Å². The van der Waals surface area contributed by atoms with Crippen LogP contribution < -0.4 is 0 Å². The normalized spacial score (nSPS) is 11.0. The van der Waals surface area contributed by atoms with Gasteiger partial charge in [0, 0.05) is 18.8 Å². The van der Waals surface area contributed by atoms with Gasteiger partial charge in [-0.05, 0) is 30.2 Å². The first-order valence-electron chi connectivity index (χ1n) is 5.90. The van der Waals surface area contributed by atoms with Gasteiger partial charge < -0.3 is 4.40 Å². The second kappa shape index (κ2) is 4.26. The third-order valence-electron chi connectivity index (χ3n) is 2.98. The van der Waals surface area contributed by atoms with Crippen LogP contribution in [0.3, 0.4) is 0 Å². The SMILES string of the molecule is Cc1ccc2nc(Cc3ccccc3F)cn2c1. The lowest BCUT2D eigenvalue weighted by Crippen LogP contribution is -1.91. The predicted molar refractivity (Wildman–Crippen MR) is 69.1 cm³/mol. The molecule has 0 aliphatic rings. The van der Waals surface area contributed by atoms with E-state index in [2.05, 4.69) is 4.98 Å². The van der Waals surface area contributed by atoms with Crippen molar-refractivity contribution in [3.8, 4) is 0 Å². The Morgan fingerprint density at radius 3 is 2.78 bits per heavy atom. The zero-order valence-corrected chi connectivity index (χ0v) is 10.1. The van der Waals surface area contributed by atoms with Crippen molar-refractivity contribution in [2.24, 2.45) is 0 Å². The average molecular weight is 240 g/mol. The van der Waals surface area contributed by atoms with E-state index in [-0.39, 0.29) is 5.82 Å². The monoisotopic (exact) mass is 240 g/mol. The lowest BCUT2D eigenvalue weighted by molar-refractivity contribution is 0.613. The van der Waals surface area contributed by atoms with E-state index in [1.165, 1.54) is 11.6 Å². The van der Waals surface area contributed by atoms with E-state index in [1.807, 2.05) is 41.9 Å². The molecule has 1 aromatic carbocycles. The van der Waals surface area contributed by atoms with Crippen LogP contribution >= 0.6 is 0 Å². The van der Waals surface area contributed by atoms with Crippen molar-refractivity contribution in [3.63, 3.8) is 0 Å². The molecule has 0 N–H and O–H groups in total. The number of aromatic nitrogens is 2. The summed E-state index contributed by atoms with van der Waals surface area (Å²) in [5.74, 6) is -0.175. The summed E-state index contributed by atoms with van der Waals surface area (Å²) in [6.45, 7) is 2.04. The first kappa shape index (κ1) is 11.0. The Labute approximate surface area is 105 Å². The fourth-order valence-electron chi connectivity index (χ4n) is 2.08. The predicted octanol–water partition coefficient (Wildman–Crippen LogP) is 3.37. The maximum Gasteiger partial charge on any atom is 0.137 e. The minimum absolute atomic E-state index is 0.175. The Bertz CT molecular complexity index is 701. The average Bonchev–Trinajstić information content (AvgIpc) is 2.73. The number of pyridine rings is 1. The molecule has 3 heteroatoms. The smallest absolute Gasteiger partial charge is 0.137 e. The second-order valence-electron chi connectivity index (χ2n) is 4.47. The van der Waals surface area contributed by atoms with E-state index in [9.17, 15) is 4.39 Å². The first-order valence-corrected chi connectivity index (χ1v) is 5.90. The zero-order valence-electron chi connectivity index (χ0n) is 10.1. The number of fused-ring (bicyclic) bond motifs is 1. The molecule has 0 fully saturated rings. The highest BCUT2D eigenvalue weighted by molar-refractivity contribution is 5.42. The Morgan fingerprint density at radius 1 is 1.11 bits per heavy atom. The zero-order chi connectivity index (χ0) is 12.5. The molecule has 2 nitrogen and oxygen atoms in total. The van der Waals surface area contributed by atoms with Crippen molar-refractivity contribution in [2.75, 3.05) is 0 Å². The molecule has 0 amide bonds. The van der Waals surface area contributed by atoms with Gasteiger partial charge in [0.15, 0.2) is 0 Å². The minimum Gasteiger partial charge on any atom is -0.307 e. The van der Waals surface area contributed by atoms with Crippen LogP contribution in [0.25, 0.3) is 5.65 Å². The minimum atomic E-state index is -0.175. The molecule has 0 bridgehead atoms. The van der Waals surface area contributed by atoms with Crippen LogP contribution in [0.15, 0.2) is 48.8 Å². The number of rotatable bonds is 2. The molecule has 90 valence electrons. The van der Waals surface area contributed by atoms with Gasteiger partial charge in [-0.25, -0.2) is 9.37 Å². The number of benzene rings is 1. The second-order valence-corrected chi connectivity index (χ2v) is 4.47. The maximum absolute atomic E-state index is 13.6. The number of imidazole rings is 1. The Hall–Kier alpha value is -2.16. The van der Waals surface area contributed by atoms with E-state index in [0.717, 1.165) is 11.3 Å². The molecule has 2 aromatic heterocycles. The van der Waals surface area contributed by atoms with Crippen LogP contribution in [0.4, 0.5) is 4.39 Å². The standard InChI is InChI=1S/C15H13FN2/c1-11-6-7-15-17-13(10-18(15)9-11)8-12-4-2-3-5-14(12)16/h2-7,9-10H,8H2,1H3. The highest BCUT2D eigenvalue weighted by Crippen LogP contribution is 2.14. The van der Waals surface area contributed by atoms with Gasteiger partial charge in [-0.1, -0.05) is 24.3 Å². The van der Waals surface area contributed by atoms with Crippen LogP contribution in [-0.4, -0.2) is 9.38 Å². The summed E-state index contributed by atoms with van der Waals surface area (Å²) in [6.07, 6.45) is 4.50. The van der Waals surface area contributed by atoms with E-state index in [0.29, 0.717) is 12.0 Å². The molecule has 3 rings (SSSR count). The number of halogens is 1. The van der Waals surface area contributed by atoms with Crippen molar-refractivity contribution >= 4 is 5.65 Å². The molecule has 0 aliphatic carbocycles. The van der Waals surface area contributed by atoms with Gasteiger partial charge in [0.05, 0.1) is 5.69 Å². The molecule has 0 aliphatic heterocycles. The summed E-state index contributed by atoms with van der Waals surface area (Å²) in [6, 6.07) is 10.8. The van der Waals surface area contributed by atoms with Crippen molar-refractivity contribution < 1.29 is 4.39 Å². The van der Waals surface area contributed by atoms with Crippen LogP contribution in [-0.2, 0) is 6.42 Å². The Kier molecular flexibility index (Phi) is 2.59. The fourth-order valence-corrected chi connectivity index (χ4v) is 2.08. The van der Waals surface area contributed by atoms with Gasteiger partial charge >= 0.3 is 0 Å². The van der Waals surface area contributed by atoms with Gasteiger partial charge in [0.1, 0.15) is 11.5 Å². The van der Waals surface area contributed by atoms with E-state index < -0.39 is 0 Å². The molecular formula is C15H13FN2. The highest BCUT2D eigenvalue weighted by Gasteiger charge is 2.06. The third-order valence-corrected chi connectivity index (χ3v) is 2.98. The van der Waals surface area contributed by atoms with Crippen molar-refractivity contribution in [2.45, 2.75) is 13.3 Å². The van der Waals surface area contributed by atoms with Crippen LogP contribution in [0.5, 0.6) is 0 Å². The van der Waals surface area contributed by atoms with Gasteiger partial charge in [0.25, 0.3) is 0 Å². The fraction of sp³-hybridized carbons (Fsp3) is 0.133. The summed E-state index contributed by atoms with van der Waals surface area (Å²) in [7, 11) is 0.